The number of carbonyl (C=O) groups excluding carboxylic acids is 1. The van der Waals surface area contributed by atoms with E-state index in [0.29, 0.717) is 0 Å². The fraction of sp³-hybridized carbons (Fsp3) is 0.143. The van der Waals surface area contributed by atoms with Crippen LogP contribution in [0.5, 0.6) is 0 Å². The molecular formula is C21H10F10N2O2. The van der Waals surface area contributed by atoms with Gasteiger partial charge in [0.2, 0.25) is 5.82 Å². The summed E-state index contributed by atoms with van der Waals surface area (Å²) in [4.78, 5) is 15.3. The monoisotopic (exact) mass is 512 g/mol. The van der Waals surface area contributed by atoms with Crippen molar-refractivity contribution in [2.24, 2.45) is 4.99 Å². The molecule has 0 bridgehead atoms. The summed E-state index contributed by atoms with van der Waals surface area (Å²) in [5.41, 5.74) is -3.88. The zero-order valence-electron chi connectivity index (χ0n) is 16.7. The molecule has 0 radical (unpaired) electrons. The molecule has 0 fully saturated rings. The minimum absolute atomic E-state index is 0.0881. The summed E-state index contributed by atoms with van der Waals surface area (Å²) in [5, 5.41) is 11.5. The molecule has 1 aliphatic carbocycles. The SMILES string of the molecule is O=C(Nc1c(F)c(F)c(F)c(F)c1F)c1ccc(C(O)N=C2C(F)=CC(F)C(F)C(F)=C2F)cc1. The first-order valence-corrected chi connectivity index (χ1v) is 9.25. The first-order chi connectivity index (χ1) is 16.3. The molecule has 1 aliphatic rings. The molecule has 0 aliphatic heterocycles. The summed E-state index contributed by atoms with van der Waals surface area (Å²) >= 11 is 0. The van der Waals surface area contributed by atoms with Crippen LogP contribution in [0.3, 0.4) is 0 Å². The molecule has 0 heterocycles. The highest BCUT2D eigenvalue weighted by Gasteiger charge is 2.35. The van der Waals surface area contributed by atoms with Gasteiger partial charge in [-0.05, 0) is 18.2 Å². The fourth-order valence-electron chi connectivity index (χ4n) is 2.80. The Balaban J connectivity index is 1.86. The third-order valence-corrected chi connectivity index (χ3v) is 4.64. The molecule has 186 valence electrons. The van der Waals surface area contributed by atoms with Crippen LogP contribution >= 0.6 is 0 Å². The standard InChI is InChI=1S/C21H10F10N2O2/c22-8-5-9(23)18(15(29)11(25)10(8)24)32-20(34)6-1-3-7(4-2-6)21(35)33-19-16(30)13(27)12(26)14(28)17(19)31/h1-5,8,10,20,34H,(H,33,35). The van der Waals surface area contributed by atoms with Crippen LogP contribution in [-0.4, -0.2) is 29.1 Å². The number of nitrogens with zero attached hydrogens (tertiary/aromatic N) is 1. The van der Waals surface area contributed by atoms with Crippen LogP contribution in [0.2, 0.25) is 0 Å². The van der Waals surface area contributed by atoms with Gasteiger partial charge in [-0.25, -0.2) is 48.9 Å². The molecule has 0 saturated heterocycles. The normalized spacial score (nSPS) is 20.5. The lowest BCUT2D eigenvalue weighted by Crippen LogP contribution is -2.17. The summed E-state index contributed by atoms with van der Waals surface area (Å²) in [7, 11) is 0. The molecule has 0 saturated carbocycles. The Morgan fingerprint density at radius 1 is 0.857 bits per heavy atom. The highest BCUT2D eigenvalue weighted by molar-refractivity contribution is 6.10. The number of benzene rings is 2. The largest absolute Gasteiger partial charge is 0.368 e. The van der Waals surface area contributed by atoms with Crippen molar-refractivity contribution in [3.05, 3.63) is 88.0 Å². The van der Waals surface area contributed by atoms with Gasteiger partial charge in [0.05, 0.1) is 0 Å². The molecule has 2 aromatic carbocycles. The Hall–Kier alpha value is -3.68. The van der Waals surface area contributed by atoms with Crippen molar-refractivity contribution < 1.29 is 53.8 Å². The molecular weight excluding hydrogens is 502 g/mol. The zero-order chi connectivity index (χ0) is 26.2. The van der Waals surface area contributed by atoms with E-state index in [1.54, 1.807) is 0 Å². The van der Waals surface area contributed by atoms with Gasteiger partial charge in [0, 0.05) is 11.1 Å². The molecule has 0 aromatic heterocycles. The van der Waals surface area contributed by atoms with Crippen LogP contribution in [0.25, 0.3) is 0 Å². The van der Waals surface area contributed by atoms with Crippen LogP contribution in [-0.2, 0) is 0 Å². The van der Waals surface area contributed by atoms with Crippen molar-refractivity contribution in [2.75, 3.05) is 5.32 Å². The van der Waals surface area contributed by atoms with Crippen LogP contribution in [0, 0.1) is 29.1 Å². The molecule has 4 nitrogen and oxygen atoms in total. The summed E-state index contributed by atoms with van der Waals surface area (Å²) in [6.45, 7) is 0. The van der Waals surface area contributed by atoms with Gasteiger partial charge < -0.3 is 10.4 Å². The van der Waals surface area contributed by atoms with E-state index in [1.807, 2.05) is 0 Å². The summed E-state index contributed by atoms with van der Waals surface area (Å²) in [6, 6.07) is 3.52. The number of hydrogen-bond acceptors (Lipinski definition) is 3. The van der Waals surface area contributed by atoms with Gasteiger partial charge in [-0.2, -0.15) is 0 Å². The van der Waals surface area contributed by atoms with E-state index >= 15 is 0 Å². The molecule has 14 heteroatoms. The molecule has 1 amide bonds. The fourth-order valence-corrected chi connectivity index (χ4v) is 2.80. The quantitative estimate of drug-likeness (QED) is 0.311. The summed E-state index contributed by atoms with van der Waals surface area (Å²) in [6.07, 6.45) is -8.23. The van der Waals surface area contributed by atoms with E-state index in [1.165, 1.54) is 5.32 Å². The minimum atomic E-state index is -3.14. The Kier molecular flexibility index (Phi) is 7.33. The number of allylic oxidation sites excluding steroid dienone is 4. The molecule has 2 N–H and O–H groups in total. The topological polar surface area (TPSA) is 61.7 Å². The highest BCUT2D eigenvalue weighted by atomic mass is 19.2. The van der Waals surface area contributed by atoms with Crippen molar-refractivity contribution in [3.63, 3.8) is 0 Å². The van der Waals surface area contributed by atoms with Crippen LogP contribution in [0.15, 0.2) is 52.8 Å². The number of halogens is 10. The van der Waals surface area contributed by atoms with Crippen LogP contribution in [0.1, 0.15) is 22.1 Å². The van der Waals surface area contributed by atoms with E-state index in [-0.39, 0.29) is 11.6 Å². The summed E-state index contributed by atoms with van der Waals surface area (Å²) < 4.78 is 135. The molecule has 35 heavy (non-hydrogen) atoms. The zero-order valence-corrected chi connectivity index (χ0v) is 16.7. The van der Waals surface area contributed by atoms with Gasteiger partial charge in [-0.3, -0.25) is 4.79 Å². The van der Waals surface area contributed by atoms with Gasteiger partial charge in [0.15, 0.2) is 59.3 Å². The van der Waals surface area contributed by atoms with Crippen molar-refractivity contribution in [3.8, 4) is 0 Å². The molecule has 0 spiro atoms. The number of alkyl halides is 2. The Labute approximate surface area is 188 Å². The van der Waals surface area contributed by atoms with Crippen molar-refractivity contribution in [2.45, 2.75) is 18.6 Å². The second-order valence-electron chi connectivity index (χ2n) is 6.90. The number of aliphatic hydroxyl groups is 1. The van der Waals surface area contributed by atoms with E-state index < -0.39 is 88.0 Å². The van der Waals surface area contributed by atoms with E-state index in [4.69, 9.17) is 0 Å². The molecule has 2 aromatic rings. The second kappa shape index (κ2) is 9.90. The van der Waals surface area contributed by atoms with E-state index in [2.05, 4.69) is 4.99 Å². The minimum Gasteiger partial charge on any atom is -0.368 e. The molecule has 3 atom stereocenters. The van der Waals surface area contributed by atoms with Gasteiger partial charge in [0.25, 0.3) is 5.91 Å². The maximum Gasteiger partial charge on any atom is 0.255 e. The van der Waals surface area contributed by atoms with Crippen molar-refractivity contribution in [1.29, 1.82) is 0 Å². The highest BCUT2D eigenvalue weighted by Crippen LogP contribution is 2.31. The van der Waals surface area contributed by atoms with Gasteiger partial charge in [-0.1, -0.05) is 12.1 Å². The van der Waals surface area contributed by atoms with Gasteiger partial charge in [0.1, 0.15) is 11.4 Å². The summed E-state index contributed by atoms with van der Waals surface area (Å²) in [5.74, 6) is -19.3. The third-order valence-electron chi connectivity index (χ3n) is 4.64. The Morgan fingerprint density at radius 3 is 1.91 bits per heavy atom. The van der Waals surface area contributed by atoms with Gasteiger partial charge >= 0.3 is 0 Å². The third kappa shape index (κ3) is 4.92. The van der Waals surface area contributed by atoms with Gasteiger partial charge in [-0.15, -0.1) is 0 Å². The number of rotatable bonds is 4. The average Bonchev–Trinajstić information content (AvgIpc) is 2.91. The number of nitrogens with one attached hydrogen (secondary N) is 1. The lowest BCUT2D eigenvalue weighted by atomic mass is 10.1. The average molecular weight is 512 g/mol. The van der Waals surface area contributed by atoms with E-state index in [9.17, 15) is 53.8 Å². The lowest BCUT2D eigenvalue weighted by molar-refractivity contribution is 0.102. The predicted octanol–water partition coefficient (Wildman–Crippen LogP) is 5.76. The molecule has 3 unspecified atom stereocenters. The van der Waals surface area contributed by atoms with Crippen LogP contribution < -0.4 is 5.32 Å². The predicted molar refractivity (Wildman–Crippen MR) is 101 cm³/mol. The maximum atomic E-state index is 14.0. The first-order valence-electron chi connectivity index (χ1n) is 9.25. The van der Waals surface area contributed by atoms with Crippen molar-refractivity contribution in [1.82, 2.24) is 0 Å². The number of aliphatic hydroxyl groups excluding tert-OH is 1. The lowest BCUT2D eigenvalue weighted by Gasteiger charge is -2.11. The van der Waals surface area contributed by atoms with Crippen LogP contribution in [0.4, 0.5) is 49.6 Å². The molecule has 3 rings (SSSR count). The Morgan fingerprint density at radius 2 is 1.37 bits per heavy atom. The number of anilines is 1. The maximum absolute atomic E-state index is 14.0. The number of hydrogen-bond donors (Lipinski definition) is 2. The first kappa shape index (κ1) is 25.9. The van der Waals surface area contributed by atoms with Crippen molar-refractivity contribution >= 4 is 17.3 Å². The number of amides is 1. The number of carbonyl (C=O) groups is 1. The number of aliphatic imine (C=N–C) groups is 1. The smallest absolute Gasteiger partial charge is 0.255 e. The van der Waals surface area contributed by atoms with E-state index in [0.717, 1.165) is 24.3 Å². The second-order valence-corrected chi connectivity index (χ2v) is 6.90. The Bertz CT molecular complexity index is 1240.